The van der Waals surface area contributed by atoms with Crippen molar-refractivity contribution in [3.8, 4) is 0 Å². The summed E-state index contributed by atoms with van der Waals surface area (Å²) in [6.45, 7) is -0.0498. The third-order valence-electron chi connectivity index (χ3n) is 5.05. The Labute approximate surface area is 154 Å². The van der Waals surface area contributed by atoms with Gasteiger partial charge in [0.2, 0.25) is 0 Å². The van der Waals surface area contributed by atoms with Gasteiger partial charge in [-0.15, -0.1) is 5.10 Å². The van der Waals surface area contributed by atoms with Crippen LogP contribution in [0.3, 0.4) is 0 Å². The number of benzene rings is 1. The lowest BCUT2D eigenvalue weighted by Gasteiger charge is -2.28. The maximum atomic E-state index is 14.4. The molecule has 0 saturated heterocycles. The standard InChI is InChI=1S/C18H20F2N6O/c19-13-5-6-16(17(20)7-13)18(27,10-25-12-21-11-22-25)8-14-9-26(24-23-14)15-3-1-2-4-15/h5-7,9,11-12,15,27H,1-4,8,10H2. The Hall–Kier alpha value is -2.68. The fraction of sp³-hybridized carbons (Fsp3) is 0.444. The molecule has 0 radical (unpaired) electrons. The van der Waals surface area contributed by atoms with E-state index in [0.717, 1.165) is 37.8 Å². The maximum Gasteiger partial charge on any atom is 0.137 e. The molecule has 1 atom stereocenters. The molecule has 3 aromatic rings. The molecule has 142 valence electrons. The lowest BCUT2D eigenvalue weighted by atomic mass is 9.88. The van der Waals surface area contributed by atoms with Crippen molar-refractivity contribution in [2.75, 3.05) is 0 Å². The van der Waals surface area contributed by atoms with E-state index in [1.807, 2.05) is 4.68 Å². The SMILES string of the molecule is OC(Cc1cn(C2CCCC2)nn1)(Cn1cncn1)c1ccc(F)cc1F. The van der Waals surface area contributed by atoms with Crippen molar-refractivity contribution in [2.45, 2.75) is 50.3 Å². The summed E-state index contributed by atoms with van der Waals surface area (Å²) in [6.07, 6.45) is 9.01. The third-order valence-corrected chi connectivity index (χ3v) is 5.05. The second kappa shape index (κ2) is 7.15. The summed E-state index contributed by atoms with van der Waals surface area (Å²) in [5, 5.41) is 23.7. The van der Waals surface area contributed by atoms with Crippen molar-refractivity contribution in [3.63, 3.8) is 0 Å². The molecule has 1 N–H and O–H groups in total. The average molecular weight is 374 g/mol. The van der Waals surface area contributed by atoms with Gasteiger partial charge in [-0.1, -0.05) is 24.1 Å². The topological polar surface area (TPSA) is 81.6 Å². The molecule has 9 heteroatoms. The monoisotopic (exact) mass is 374 g/mol. The molecule has 1 aliphatic rings. The third kappa shape index (κ3) is 3.73. The van der Waals surface area contributed by atoms with Crippen LogP contribution in [0.1, 0.15) is 43.0 Å². The van der Waals surface area contributed by atoms with Crippen LogP contribution < -0.4 is 0 Å². The van der Waals surface area contributed by atoms with Crippen LogP contribution in [0.2, 0.25) is 0 Å². The van der Waals surface area contributed by atoms with E-state index in [4.69, 9.17) is 0 Å². The number of hydrogen-bond acceptors (Lipinski definition) is 5. The van der Waals surface area contributed by atoms with Gasteiger partial charge in [-0.25, -0.2) is 23.1 Å². The molecule has 7 nitrogen and oxygen atoms in total. The van der Waals surface area contributed by atoms with Gasteiger partial charge in [0.1, 0.15) is 29.9 Å². The van der Waals surface area contributed by atoms with E-state index in [0.29, 0.717) is 11.7 Å². The highest BCUT2D eigenvalue weighted by atomic mass is 19.1. The lowest BCUT2D eigenvalue weighted by molar-refractivity contribution is 0.0107. The second-order valence-corrected chi connectivity index (χ2v) is 7.05. The number of rotatable bonds is 6. The summed E-state index contributed by atoms with van der Waals surface area (Å²) in [6, 6.07) is 3.46. The van der Waals surface area contributed by atoms with E-state index < -0.39 is 17.2 Å². The normalized spacial score (nSPS) is 17.3. The minimum absolute atomic E-state index is 0.0160. The highest BCUT2D eigenvalue weighted by molar-refractivity contribution is 5.26. The molecule has 4 rings (SSSR count). The summed E-state index contributed by atoms with van der Waals surface area (Å²) in [4.78, 5) is 3.85. The summed E-state index contributed by atoms with van der Waals surface area (Å²) in [5.41, 5.74) is -1.16. The molecule has 2 aromatic heterocycles. The zero-order valence-corrected chi connectivity index (χ0v) is 14.7. The molecule has 1 aliphatic carbocycles. The minimum Gasteiger partial charge on any atom is -0.383 e. The predicted molar refractivity (Wildman–Crippen MR) is 91.5 cm³/mol. The van der Waals surface area contributed by atoms with Gasteiger partial charge in [-0.05, 0) is 18.9 Å². The van der Waals surface area contributed by atoms with Crippen LogP contribution in [0.25, 0.3) is 0 Å². The van der Waals surface area contributed by atoms with Gasteiger partial charge in [0.15, 0.2) is 0 Å². The lowest BCUT2D eigenvalue weighted by Crippen LogP contribution is -2.35. The molecule has 1 saturated carbocycles. The van der Waals surface area contributed by atoms with Gasteiger partial charge >= 0.3 is 0 Å². The van der Waals surface area contributed by atoms with E-state index >= 15 is 0 Å². The number of nitrogens with zero attached hydrogens (tertiary/aromatic N) is 6. The first kappa shape index (κ1) is 17.7. The van der Waals surface area contributed by atoms with Crippen molar-refractivity contribution in [2.24, 2.45) is 0 Å². The van der Waals surface area contributed by atoms with Gasteiger partial charge in [-0.3, -0.25) is 0 Å². The first-order valence-corrected chi connectivity index (χ1v) is 8.94. The van der Waals surface area contributed by atoms with E-state index in [-0.39, 0.29) is 18.5 Å². The highest BCUT2D eigenvalue weighted by Gasteiger charge is 2.35. The van der Waals surface area contributed by atoms with E-state index in [9.17, 15) is 13.9 Å². The van der Waals surface area contributed by atoms with Crippen LogP contribution in [0.4, 0.5) is 8.78 Å². The predicted octanol–water partition coefficient (Wildman–Crippen LogP) is 2.39. The van der Waals surface area contributed by atoms with Crippen LogP contribution in [-0.4, -0.2) is 34.9 Å². The Morgan fingerprint density at radius 1 is 1.22 bits per heavy atom. The van der Waals surface area contributed by atoms with Gasteiger partial charge in [0.05, 0.1) is 18.3 Å². The van der Waals surface area contributed by atoms with Crippen molar-refractivity contribution in [1.29, 1.82) is 0 Å². The molecule has 0 spiro atoms. The Morgan fingerprint density at radius 2 is 2.04 bits per heavy atom. The summed E-state index contributed by atoms with van der Waals surface area (Å²) < 4.78 is 31.0. The number of aromatic nitrogens is 6. The van der Waals surface area contributed by atoms with Crippen LogP contribution in [-0.2, 0) is 18.6 Å². The fourth-order valence-electron chi connectivity index (χ4n) is 3.73. The maximum absolute atomic E-state index is 14.4. The quantitative estimate of drug-likeness (QED) is 0.716. The molecular weight excluding hydrogens is 354 g/mol. The highest BCUT2D eigenvalue weighted by Crippen LogP contribution is 2.32. The molecule has 1 aromatic carbocycles. The minimum atomic E-state index is -1.68. The Balaban J connectivity index is 1.65. The smallest absolute Gasteiger partial charge is 0.137 e. The Kier molecular flexibility index (Phi) is 4.69. The van der Waals surface area contributed by atoms with Crippen LogP contribution in [0.5, 0.6) is 0 Å². The first-order chi connectivity index (χ1) is 13.0. The Morgan fingerprint density at radius 3 is 2.74 bits per heavy atom. The molecule has 0 aliphatic heterocycles. The average Bonchev–Trinajstić information content (AvgIpc) is 3.36. The van der Waals surface area contributed by atoms with Crippen LogP contribution in [0, 0.1) is 11.6 Å². The van der Waals surface area contributed by atoms with E-state index in [1.54, 1.807) is 6.20 Å². The fourth-order valence-corrected chi connectivity index (χ4v) is 3.73. The number of aliphatic hydroxyl groups is 1. The molecule has 0 bridgehead atoms. The summed E-state index contributed by atoms with van der Waals surface area (Å²) in [5.74, 6) is -1.52. The summed E-state index contributed by atoms with van der Waals surface area (Å²) >= 11 is 0. The number of hydrogen-bond donors (Lipinski definition) is 1. The van der Waals surface area contributed by atoms with E-state index in [1.165, 1.54) is 23.4 Å². The first-order valence-electron chi connectivity index (χ1n) is 8.94. The van der Waals surface area contributed by atoms with Gasteiger partial charge in [0.25, 0.3) is 0 Å². The van der Waals surface area contributed by atoms with Crippen LogP contribution >= 0.6 is 0 Å². The molecule has 2 heterocycles. The van der Waals surface area contributed by atoms with E-state index in [2.05, 4.69) is 20.4 Å². The van der Waals surface area contributed by atoms with Gasteiger partial charge < -0.3 is 5.11 Å². The summed E-state index contributed by atoms with van der Waals surface area (Å²) in [7, 11) is 0. The molecule has 1 fully saturated rings. The number of halogens is 2. The molecule has 1 unspecified atom stereocenters. The van der Waals surface area contributed by atoms with Crippen molar-refractivity contribution in [1.82, 2.24) is 29.8 Å². The Bertz CT molecular complexity index is 906. The zero-order chi connectivity index (χ0) is 18.9. The van der Waals surface area contributed by atoms with Gasteiger partial charge in [-0.2, -0.15) is 5.10 Å². The molecule has 0 amide bonds. The largest absolute Gasteiger partial charge is 0.383 e. The van der Waals surface area contributed by atoms with Crippen molar-refractivity contribution >= 4 is 0 Å². The second-order valence-electron chi connectivity index (χ2n) is 7.05. The van der Waals surface area contributed by atoms with Crippen molar-refractivity contribution < 1.29 is 13.9 Å². The van der Waals surface area contributed by atoms with Gasteiger partial charge in [0, 0.05) is 24.2 Å². The molecule has 27 heavy (non-hydrogen) atoms. The molecular formula is C18H20F2N6O. The van der Waals surface area contributed by atoms with Crippen molar-refractivity contribution in [3.05, 3.63) is 59.9 Å². The van der Waals surface area contributed by atoms with Crippen LogP contribution in [0.15, 0.2) is 37.1 Å². The zero-order valence-electron chi connectivity index (χ0n) is 14.7.